The highest BCUT2D eigenvalue weighted by Gasteiger charge is 2.14. The van der Waals surface area contributed by atoms with Gasteiger partial charge in [-0.3, -0.25) is 4.79 Å². The summed E-state index contributed by atoms with van der Waals surface area (Å²) in [7, 11) is 0. The van der Waals surface area contributed by atoms with Gasteiger partial charge in [0.05, 0.1) is 11.4 Å². The zero-order valence-electron chi connectivity index (χ0n) is 8.66. The maximum atomic E-state index is 11.6. The van der Waals surface area contributed by atoms with Crippen LogP contribution in [-0.4, -0.2) is 32.0 Å². The fourth-order valence-corrected chi connectivity index (χ4v) is 2.47. The average Bonchev–Trinajstić information content (AvgIpc) is 2.90. The van der Waals surface area contributed by atoms with Crippen LogP contribution < -0.4 is 10.6 Å². The maximum Gasteiger partial charge on any atom is 0.186 e. The predicted octanol–water partition coefficient (Wildman–Crippen LogP) is 1.13. The highest BCUT2D eigenvalue weighted by Crippen LogP contribution is 2.09. The summed E-state index contributed by atoms with van der Waals surface area (Å²) in [6.07, 6.45) is 1.22. The van der Waals surface area contributed by atoms with Gasteiger partial charge in [-0.15, -0.1) is 11.3 Å². The summed E-state index contributed by atoms with van der Waals surface area (Å²) in [5, 5.41) is 8.49. The third-order valence-corrected chi connectivity index (χ3v) is 3.59. The van der Waals surface area contributed by atoms with E-state index in [1.165, 1.54) is 17.8 Å². The molecule has 1 aromatic heterocycles. The van der Waals surface area contributed by atoms with Crippen LogP contribution in [0.15, 0.2) is 17.5 Å². The van der Waals surface area contributed by atoms with Crippen molar-refractivity contribution in [2.45, 2.75) is 6.42 Å². The topological polar surface area (TPSA) is 41.1 Å². The molecule has 0 aromatic carbocycles. The Morgan fingerprint density at radius 1 is 1.67 bits per heavy atom. The van der Waals surface area contributed by atoms with E-state index in [1.54, 1.807) is 0 Å². The minimum absolute atomic E-state index is 0.205. The second kappa shape index (κ2) is 5.39. The maximum absolute atomic E-state index is 11.6. The molecule has 0 saturated carbocycles. The summed E-state index contributed by atoms with van der Waals surface area (Å²) < 4.78 is 0. The van der Waals surface area contributed by atoms with Gasteiger partial charge in [-0.1, -0.05) is 6.07 Å². The third kappa shape index (κ3) is 3.12. The van der Waals surface area contributed by atoms with E-state index in [-0.39, 0.29) is 5.78 Å². The molecule has 2 rings (SSSR count). The number of ketones is 1. The van der Waals surface area contributed by atoms with Crippen LogP contribution in [0.3, 0.4) is 0 Å². The van der Waals surface area contributed by atoms with Gasteiger partial charge in [-0.05, 0) is 43.4 Å². The van der Waals surface area contributed by atoms with Crippen molar-refractivity contribution < 1.29 is 4.79 Å². The Bertz CT molecular complexity index is 304. The van der Waals surface area contributed by atoms with Gasteiger partial charge in [0.15, 0.2) is 5.78 Å². The van der Waals surface area contributed by atoms with Crippen LogP contribution in [0, 0.1) is 5.92 Å². The Labute approximate surface area is 93.9 Å². The second-order valence-corrected chi connectivity index (χ2v) is 4.84. The van der Waals surface area contributed by atoms with Gasteiger partial charge < -0.3 is 10.6 Å². The summed E-state index contributed by atoms with van der Waals surface area (Å²) >= 11 is 1.51. The van der Waals surface area contributed by atoms with Crippen LogP contribution in [0.5, 0.6) is 0 Å². The number of hydrogen-bond donors (Lipinski definition) is 2. The second-order valence-electron chi connectivity index (χ2n) is 3.89. The lowest BCUT2D eigenvalue weighted by Crippen LogP contribution is -2.29. The highest BCUT2D eigenvalue weighted by atomic mass is 32.1. The molecule has 1 atom stereocenters. The molecule has 1 aromatic rings. The van der Waals surface area contributed by atoms with Crippen molar-refractivity contribution in [3.8, 4) is 0 Å². The van der Waals surface area contributed by atoms with Crippen LogP contribution in [0.1, 0.15) is 16.1 Å². The Kier molecular flexibility index (Phi) is 3.88. The van der Waals surface area contributed by atoms with Crippen molar-refractivity contribution in [1.29, 1.82) is 0 Å². The first-order valence-corrected chi connectivity index (χ1v) is 6.22. The van der Waals surface area contributed by atoms with E-state index in [4.69, 9.17) is 0 Å². The Balaban J connectivity index is 1.67. The molecule has 15 heavy (non-hydrogen) atoms. The lowest BCUT2D eigenvalue weighted by atomic mass is 10.1. The molecule has 0 amide bonds. The molecular weight excluding hydrogens is 208 g/mol. The van der Waals surface area contributed by atoms with Gasteiger partial charge in [0.1, 0.15) is 0 Å². The molecular formula is C11H16N2OS. The molecule has 1 aliphatic rings. The molecule has 1 saturated heterocycles. The van der Waals surface area contributed by atoms with Gasteiger partial charge in [-0.25, -0.2) is 0 Å². The largest absolute Gasteiger partial charge is 0.316 e. The molecule has 0 radical (unpaired) electrons. The number of carbonyl (C=O) groups excluding carboxylic acids is 1. The van der Waals surface area contributed by atoms with E-state index < -0.39 is 0 Å². The Hall–Kier alpha value is -0.710. The Morgan fingerprint density at radius 2 is 2.60 bits per heavy atom. The summed E-state index contributed by atoms with van der Waals surface area (Å²) in [5.74, 6) is 0.900. The highest BCUT2D eigenvalue weighted by molar-refractivity contribution is 7.12. The zero-order valence-corrected chi connectivity index (χ0v) is 9.48. The van der Waals surface area contributed by atoms with Crippen molar-refractivity contribution in [2.24, 2.45) is 5.92 Å². The van der Waals surface area contributed by atoms with Gasteiger partial charge in [0.25, 0.3) is 0 Å². The van der Waals surface area contributed by atoms with Crippen molar-refractivity contribution in [3.05, 3.63) is 22.4 Å². The van der Waals surface area contributed by atoms with Crippen LogP contribution in [0.4, 0.5) is 0 Å². The molecule has 4 heteroatoms. The first-order valence-electron chi connectivity index (χ1n) is 5.34. The van der Waals surface area contributed by atoms with E-state index in [9.17, 15) is 4.79 Å². The monoisotopic (exact) mass is 224 g/mol. The lowest BCUT2D eigenvalue weighted by molar-refractivity contribution is 0.0994. The van der Waals surface area contributed by atoms with Gasteiger partial charge in [-0.2, -0.15) is 0 Å². The molecule has 2 heterocycles. The molecule has 2 N–H and O–H groups in total. The van der Waals surface area contributed by atoms with Crippen molar-refractivity contribution in [1.82, 2.24) is 10.6 Å². The molecule has 3 nitrogen and oxygen atoms in total. The molecule has 0 spiro atoms. The van der Waals surface area contributed by atoms with E-state index >= 15 is 0 Å². The summed E-state index contributed by atoms with van der Waals surface area (Å²) in [6.45, 7) is 3.62. The first kappa shape index (κ1) is 10.8. The fraction of sp³-hybridized carbons (Fsp3) is 0.545. The molecule has 1 aliphatic heterocycles. The van der Waals surface area contributed by atoms with Gasteiger partial charge >= 0.3 is 0 Å². The standard InChI is InChI=1S/C11H16N2OS/c14-10(11-2-1-5-15-11)8-13-7-9-3-4-12-6-9/h1-2,5,9,12-13H,3-4,6-8H2/t9-/m1/s1. The van der Waals surface area contributed by atoms with Crippen LogP contribution in [-0.2, 0) is 0 Å². The number of nitrogens with one attached hydrogen (secondary N) is 2. The number of Topliss-reactive ketones (excluding diaryl/α,β-unsaturated/α-hetero) is 1. The zero-order chi connectivity index (χ0) is 10.5. The fourth-order valence-electron chi connectivity index (χ4n) is 1.80. The quantitative estimate of drug-likeness (QED) is 0.737. The van der Waals surface area contributed by atoms with Crippen LogP contribution in [0.2, 0.25) is 0 Å². The summed E-state index contributed by atoms with van der Waals surface area (Å²) in [4.78, 5) is 12.5. The smallest absolute Gasteiger partial charge is 0.186 e. The average molecular weight is 224 g/mol. The van der Waals surface area contributed by atoms with Crippen molar-refractivity contribution in [2.75, 3.05) is 26.2 Å². The van der Waals surface area contributed by atoms with Crippen LogP contribution >= 0.6 is 11.3 Å². The van der Waals surface area contributed by atoms with Crippen LogP contribution in [0.25, 0.3) is 0 Å². The van der Waals surface area contributed by atoms with Gasteiger partial charge in [0, 0.05) is 0 Å². The number of rotatable bonds is 5. The van der Waals surface area contributed by atoms with E-state index in [1.807, 2.05) is 17.5 Å². The van der Waals surface area contributed by atoms with E-state index in [0.29, 0.717) is 12.5 Å². The van der Waals surface area contributed by atoms with E-state index in [2.05, 4.69) is 10.6 Å². The molecule has 0 unspecified atom stereocenters. The third-order valence-electron chi connectivity index (χ3n) is 2.68. The van der Waals surface area contributed by atoms with Gasteiger partial charge in [0.2, 0.25) is 0 Å². The summed E-state index contributed by atoms with van der Waals surface area (Å²) in [5.41, 5.74) is 0. The van der Waals surface area contributed by atoms with E-state index in [0.717, 1.165) is 24.5 Å². The summed E-state index contributed by atoms with van der Waals surface area (Å²) in [6, 6.07) is 3.80. The number of thiophene rings is 1. The minimum atomic E-state index is 0.205. The van der Waals surface area contributed by atoms with Crippen molar-refractivity contribution >= 4 is 17.1 Å². The molecule has 0 bridgehead atoms. The first-order chi connectivity index (χ1) is 7.36. The normalized spacial score (nSPS) is 20.7. The number of hydrogen-bond acceptors (Lipinski definition) is 4. The predicted molar refractivity (Wildman–Crippen MR) is 62.5 cm³/mol. The Morgan fingerprint density at radius 3 is 3.27 bits per heavy atom. The SMILES string of the molecule is O=C(CNC[C@@H]1CCNC1)c1cccs1. The molecule has 1 fully saturated rings. The molecule has 82 valence electrons. The minimum Gasteiger partial charge on any atom is -0.316 e. The molecule has 0 aliphatic carbocycles. The number of carbonyl (C=O) groups is 1. The lowest BCUT2D eigenvalue weighted by Gasteiger charge is -2.08. The van der Waals surface area contributed by atoms with Crippen molar-refractivity contribution in [3.63, 3.8) is 0 Å².